The number of pyridine rings is 1. The number of carbonyl (C=O) groups is 1. The second-order valence-corrected chi connectivity index (χ2v) is 5.11. The maximum absolute atomic E-state index is 11.8. The zero-order valence-corrected chi connectivity index (χ0v) is 10.7. The van der Waals surface area contributed by atoms with Gasteiger partial charge in [0, 0.05) is 23.5 Å². The van der Waals surface area contributed by atoms with Crippen molar-refractivity contribution in [3.63, 3.8) is 0 Å². The van der Waals surface area contributed by atoms with E-state index in [0.717, 1.165) is 9.88 Å². The number of hydrogen-bond donors (Lipinski definition) is 1. The number of aromatic nitrogens is 2. The number of aryl methyl sites for hydroxylation is 1. The monoisotopic (exact) mass is 267 g/mol. The summed E-state index contributed by atoms with van der Waals surface area (Å²) in [6.45, 7) is 2.39. The molecule has 0 fully saturated rings. The highest BCUT2D eigenvalue weighted by atomic mass is 35.5. The molecule has 2 heterocycles. The van der Waals surface area contributed by atoms with Gasteiger partial charge in [-0.2, -0.15) is 0 Å². The lowest BCUT2D eigenvalue weighted by molar-refractivity contribution is 0.0951. The molecule has 0 aliphatic rings. The van der Waals surface area contributed by atoms with Gasteiger partial charge in [0.2, 0.25) is 0 Å². The van der Waals surface area contributed by atoms with E-state index in [2.05, 4.69) is 15.3 Å². The second-order valence-electron chi connectivity index (χ2n) is 3.38. The van der Waals surface area contributed by atoms with Crippen LogP contribution in [-0.4, -0.2) is 15.9 Å². The van der Waals surface area contributed by atoms with E-state index in [-0.39, 0.29) is 5.91 Å². The number of nitrogens with zero attached hydrogens (tertiary/aromatic N) is 2. The van der Waals surface area contributed by atoms with Crippen LogP contribution in [0.3, 0.4) is 0 Å². The number of hydrogen-bond acceptors (Lipinski definition) is 4. The van der Waals surface area contributed by atoms with Gasteiger partial charge in [-0.3, -0.25) is 9.78 Å². The Morgan fingerprint density at radius 3 is 3.00 bits per heavy atom. The smallest absolute Gasteiger partial charge is 0.253 e. The average Bonchev–Trinajstić information content (AvgIpc) is 2.73. The van der Waals surface area contributed by atoms with E-state index in [0.29, 0.717) is 17.1 Å². The Kier molecular flexibility index (Phi) is 3.71. The van der Waals surface area contributed by atoms with Crippen LogP contribution < -0.4 is 5.32 Å². The number of thiazole rings is 1. The first-order valence-electron chi connectivity index (χ1n) is 4.96. The third-order valence-electron chi connectivity index (χ3n) is 2.11. The first-order valence-corrected chi connectivity index (χ1v) is 6.15. The molecule has 6 heteroatoms. The Balaban J connectivity index is 2.01. The van der Waals surface area contributed by atoms with Gasteiger partial charge in [-0.1, -0.05) is 11.6 Å². The largest absolute Gasteiger partial charge is 0.347 e. The molecule has 0 unspecified atom stereocenters. The summed E-state index contributed by atoms with van der Waals surface area (Å²) in [7, 11) is 0. The molecule has 0 bridgehead atoms. The van der Waals surface area contributed by atoms with E-state index < -0.39 is 0 Å². The molecule has 0 saturated heterocycles. The van der Waals surface area contributed by atoms with Crippen LogP contribution in [0.1, 0.15) is 20.2 Å². The van der Waals surface area contributed by atoms with Gasteiger partial charge in [-0.25, -0.2) is 4.98 Å². The Bertz CT molecular complexity index is 541. The number of carbonyl (C=O) groups excluding carboxylic acids is 1. The molecule has 1 amide bonds. The Morgan fingerprint density at radius 1 is 1.53 bits per heavy atom. The molecule has 4 nitrogen and oxygen atoms in total. The summed E-state index contributed by atoms with van der Waals surface area (Å²) in [6.07, 6.45) is 4.75. The van der Waals surface area contributed by atoms with Crippen molar-refractivity contribution in [2.24, 2.45) is 0 Å². The molecule has 0 aliphatic heterocycles. The normalized spacial score (nSPS) is 10.2. The third-order valence-corrected chi connectivity index (χ3v) is 3.32. The Morgan fingerprint density at radius 2 is 2.35 bits per heavy atom. The van der Waals surface area contributed by atoms with E-state index >= 15 is 0 Å². The molecule has 0 atom stereocenters. The first kappa shape index (κ1) is 12.0. The van der Waals surface area contributed by atoms with E-state index in [1.165, 1.54) is 12.4 Å². The van der Waals surface area contributed by atoms with E-state index in [1.54, 1.807) is 23.6 Å². The maximum atomic E-state index is 11.8. The van der Waals surface area contributed by atoms with E-state index in [9.17, 15) is 4.79 Å². The fourth-order valence-electron chi connectivity index (χ4n) is 1.31. The van der Waals surface area contributed by atoms with Crippen molar-refractivity contribution in [2.75, 3.05) is 0 Å². The van der Waals surface area contributed by atoms with Crippen LogP contribution in [0.4, 0.5) is 0 Å². The van der Waals surface area contributed by atoms with Crippen molar-refractivity contribution in [1.29, 1.82) is 0 Å². The van der Waals surface area contributed by atoms with E-state index in [4.69, 9.17) is 11.6 Å². The standard InChI is InChI=1S/C11H10ClN3OS/c1-7-14-4-8(17-7)5-15-11(16)9-2-3-13-6-10(9)12/h2-4,6H,5H2,1H3,(H,15,16). The highest BCUT2D eigenvalue weighted by Crippen LogP contribution is 2.14. The zero-order valence-electron chi connectivity index (χ0n) is 9.11. The maximum Gasteiger partial charge on any atom is 0.253 e. The van der Waals surface area contributed by atoms with Crippen molar-refractivity contribution in [3.8, 4) is 0 Å². The van der Waals surface area contributed by atoms with Crippen LogP contribution in [0.2, 0.25) is 5.02 Å². The lowest BCUT2D eigenvalue weighted by Crippen LogP contribution is -2.22. The van der Waals surface area contributed by atoms with E-state index in [1.807, 2.05) is 6.92 Å². The third kappa shape index (κ3) is 3.01. The van der Waals surface area contributed by atoms with Gasteiger partial charge in [0.1, 0.15) is 0 Å². The summed E-state index contributed by atoms with van der Waals surface area (Å²) in [5.41, 5.74) is 0.433. The minimum atomic E-state index is -0.205. The molecule has 2 aromatic rings. The molecule has 0 saturated carbocycles. The highest BCUT2D eigenvalue weighted by Gasteiger charge is 2.09. The SMILES string of the molecule is Cc1ncc(CNC(=O)c2ccncc2Cl)s1. The van der Waals surface area contributed by atoms with Gasteiger partial charge in [-0.15, -0.1) is 11.3 Å². The average molecular weight is 268 g/mol. The second kappa shape index (κ2) is 5.25. The lowest BCUT2D eigenvalue weighted by Gasteiger charge is -2.04. The summed E-state index contributed by atoms with van der Waals surface area (Å²) in [5, 5.41) is 4.12. The van der Waals surface area contributed by atoms with Crippen LogP contribution in [0, 0.1) is 6.92 Å². The summed E-state index contributed by atoms with van der Waals surface area (Å²) < 4.78 is 0. The molecule has 0 spiro atoms. The number of amides is 1. The predicted octanol–water partition coefficient (Wildman–Crippen LogP) is 2.43. The molecule has 0 aliphatic carbocycles. The molecule has 0 aromatic carbocycles. The summed E-state index contributed by atoms with van der Waals surface area (Å²) in [4.78, 5) is 20.8. The van der Waals surface area contributed by atoms with Gasteiger partial charge >= 0.3 is 0 Å². The molecule has 17 heavy (non-hydrogen) atoms. The summed E-state index contributed by atoms with van der Waals surface area (Å²) in [6, 6.07) is 1.59. The minimum Gasteiger partial charge on any atom is -0.347 e. The van der Waals surface area contributed by atoms with Gasteiger partial charge < -0.3 is 5.32 Å². The van der Waals surface area contributed by atoms with Gasteiger partial charge in [0.15, 0.2) is 0 Å². The van der Waals surface area contributed by atoms with Crippen LogP contribution in [0.15, 0.2) is 24.7 Å². The topological polar surface area (TPSA) is 54.9 Å². The van der Waals surface area contributed by atoms with Crippen molar-refractivity contribution in [2.45, 2.75) is 13.5 Å². The first-order chi connectivity index (χ1) is 8.16. The predicted molar refractivity (Wildman–Crippen MR) is 67.3 cm³/mol. The number of nitrogens with one attached hydrogen (secondary N) is 1. The lowest BCUT2D eigenvalue weighted by atomic mass is 10.2. The van der Waals surface area contributed by atoms with Gasteiger partial charge in [0.25, 0.3) is 5.91 Å². The molecule has 2 rings (SSSR count). The molecule has 1 N–H and O–H groups in total. The van der Waals surface area contributed by atoms with Gasteiger partial charge in [0.05, 0.1) is 22.1 Å². The molecular formula is C11H10ClN3OS. The quantitative estimate of drug-likeness (QED) is 0.929. The van der Waals surface area contributed by atoms with Crippen molar-refractivity contribution in [3.05, 3.63) is 45.1 Å². The Labute approximate surface area is 108 Å². The van der Waals surface area contributed by atoms with Crippen molar-refractivity contribution >= 4 is 28.8 Å². The molecule has 2 aromatic heterocycles. The van der Waals surface area contributed by atoms with Gasteiger partial charge in [-0.05, 0) is 13.0 Å². The number of rotatable bonds is 3. The zero-order chi connectivity index (χ0) is 12.3. The molecule has 88 valence electrons. The number of halogens is 1. The summed E-state index contributed by atoms with van der Waals surface area (Å²) in [5.74, 6) is -0.205. The van der Waals surface area contributed by atoms with Crippen LogP contribution in [0.25, 0.3) is 0 Å². The van der Waals surface area contributed by atoms with Crippen molar-refractivity contribution < 1.29 is 4.79 Å². The highest BCUT2D eigenvalue weighted by molar-refractivity contribution is 7.11. The molecular weight excluding hydrogens is 258 g/mol. The van der Waals surface area contributed by atoms with Crippen LogP contribution in [0.5, 0.6) is 0 Å². The van der Waals surface area contributed by atoms with Crippen LogP contribution in [-0.2, 0) is 6.54 Å². The molecule has 0 radical (unpaired) electrons. The Hall–Kier alpha value is -1.46. The minimum absolute atomic E-state index is 0.205. The van der Waals surface area contributed by atoms with Crippen LogP contribution >= 0.6 is 22.9 Å². The fraction of sp³-hybridized carbons (Fsp3) is 0.182. The van der Waals surface area contributed by atoms with Crippen molar-refractivity contribution in [1.82, 2.24) is 15.3 Å². The fourth-order valence-corrected chi connectivity index (χ4v) is 2.25. The summed E-state index contributed by atoms with van der Waals surface area (Å²) >= 11 is 7.43.